The summed E-state index contributed by atoms with van der Waals surface area (Å²) in [5, 5.41) is 0. The molecule has 1 saturated heterocycles. The van der Waals surface area contributed by atoms with Crippen LogP contribution in [-0.2, 0) is 19.0 Å². The topological polar surface area (TPSA) is 44.8 Å². The van der Waals surface area contributed by atoms with Crippen molar-refractivity contribution in [1.82, 2.24) is 0 Å². The molecule has 0 N–H and O–H groups in total. The molecule has 0 spiro atoms. The molecule has 4 nitrogen and oxygen atoms in total. The number of hydrogen-bond donors (Lipinski definition) is 0. The predicted octanol–water partition coefficient (Wildman–Crippen LogP) is 2.05. The molecule has 0 unspecified atom stereocenters. The van der Waals surface area contributed by atoms with Crippen LogP contribution in [0.1, 0.15) is 25.5 Å². The molecule has 1 aromatic carbocycles. The van der Waals surface area contributed by atoms with Gasteiger partial charge in [0.25, 0.3) is 0 Å². The molecule has 4 heteroatoms. The molecule has 2 atom stereocenters. The lowest BCUT2D eigenvalue weighted by Crippen LogP contribution is -2.28. The normalized spacial score (nSPS) is 26.8. The molecule has 0 aromatic heterocycles. The summed E-state index contributed by atoms with van der Waals surface area (Å²) in [6.07, 6.45) is -1.13. The maximum Gasteiger partial charge on any atom is 0.338 e. The Kier molecular flexibility index (Phi) is 3.17. The maximum atomic E-state index is 11.7. The molecular formula is C13H16O4. The van der Waals surface area contributed by atoms with Gasteiger partial charge in [0, 0.05) is 0 Å². The zero-order valence-corrected chi connectivity index (χ0v) is 10.2. The first-order chi connectivity index (χ1) is 8.03. The van der Waals surface area contributed by atoms with Crippen LogP contribution in [0.4, 0.5) is 0 Å². The molecule has 0 saturated carbocycles. The number of carbonyl (C=O) groups excluding carboxylic acids is 1. The summed E-state index contributed by atoms with van der Waals surface area (Å²) in [7, 11) is 1.35. The van der Waals surface area contributed by atoms with Crippen LogP contribution in [0.15, 0.2) is 30.3 Å². The van der Waals surface area contributed by atoms with E-state index in [9.17, 15) is 4.79 Å². The quantitative estimate of drug-likeness (QED) is 0.737. The van der Waals surface area contributed by atoms with Crippen LogP contribution in [0.3, 0.4) is 0 Å². The molecule has 2 rings (SSSR count). The summed E-state index contributed by atoms with van der Waals surface area (Å²) in [5.41, 5.74) is 0.911. The van der Waals surface area contributed by atoms with Gasteiger partial charge < -0.3 is 14.2 Å². The minimum absolute atomic E-state index is 0.413. The Morgan fingerprint density at radius 3 is 2.47 bits per heavy atom. The molecule has 1 aliphatic heterocycles. The molecule has 92 valence electrons. The van der Waals surface area contributed by atoms with Crippen molar-refractivity contribution in [2.45, 2.75) is 31.8 Å². The second-order valence-electron chi connectivity index (χ2n) is 4.41. The van der Waals surface area contributed by atoms with Gasteiger partial charge in [0.2, 0.25) is 0 Å². The third-order valence-corrected chi connectivity index (χ3v) is 2.66. The summed E-state index contributed by atoms with van der Waals surface area (Å²) in [4.78, 5) is 11.7. The van der Waals surface area contributed by atoms with Gasteiger partial charge in [-0.1, -0.05) is 30.3 Å². The maximum absolute atomic E-state index is 11.7. The highest BCUT2D eigenvalue weighted by Gasteiger charge is 2.46. The van der Waals surface area contributed by atoms with Gasteiger partial charge >= 0.3 is 5.97 Å². The minimum atomic E-state index is -0.778. The lowest BCUT2D eigenvalue weighted by Gasteiger charge is -2.16. The zero-order valence-electron chi connectivity index (χ0n) is 10.2. The van der Waals surface area contributed by atoms with Crippen molar-refractivity contribution >= 4 is 5.97 Å². The molecule has 0 radical (unpaired) electrons. The van der Waals surface area contributed by atoms with E-state index >= 15 is 0 Å². The highest BCUT2D eigenvalue weighted by atomic mass is 16.8. The van der Waals surface area contributed by atoms with Crippen LogP contribution in [0.25, 0.3) is 0 Å². The van der Waals surface area contributed by atoms with Gasteiger partial charge in [0.1, 0.15) is 6.10 Å². The molecule has 1 aromatic rings. The van der Waals surface area contributed by atoms with E-state index in [1.54, 1.807) is 13.8 Å². The van der Waals surface area contributed by atoms with E-state index in [1.165, 1.54) is 7.11 Å². The number of ether oxygens (including phenoxy) is 3. The third kappa shape index (κ3) is 2.48. The molecule has 1 aliphatic rings. The monoisotopic (exact) mass is 236 g/mol. The first-order valence-corrected chi connectivity index (χ1v) is 5.52. The molecule has 17 heavy (non-hydrogen) atoms. The van der Waals surface area contributed by atoms with Gasteiger partial charge in [-0.3, -0.25) is 0 Å². The number of esters is 1. The highest BCUT2D eigenvalue weighted by molar-refractivity contribution is 5.76. The van der Waals surface area contributed by atoms with Gasteiger partial charge in [-0.05, 0) is 19.4 Å². The number of carbonyl (C=O) groups is 1. The lowest BCUT2D eigenvalue weighted by atomic mass is 10.0. The molecule has 1 heterocycles. The Bertz CT molecular complexity index is 399. The molecule has 0 bridgehead atoms. The predicted molar refractivity (Wildman–Crippen MR) is 61.2 cm³/mol. The summed E-state index contributed by atoms with van der Waals surface area (Å²) >= 11 is 0. The van der Waals surface area contributed by atoms with Crippen LogP contribution in [0.2, 0.25) is 0 Å². The largest absolute Gasteiger partial charge is 0.467 e. The van der Waals surface area contributed by atoms with Crippen molar-refractivity contribution < 1.29 is 19.0 Å². The Morgan fingerprint density at radius 1 is 1.24 bits per heavy atom. The van der Waals surface area contributed by atoms with E-state index in [-0.39, 0.29) is 0 Å². The second kappa shape index (κ2) is 4.47. The van der Waals surface area contributed by atoms with Crippen molar-refractivity contribution in [2.24, 2.45) is 0 Å². The van der Waals surface area contributed by atoms with E-state index < -0.39 is 24.0 Å². The van der Waals surface area contributed by atoms with E-state index in [2.05, 4.69) is 0 Å². The molecular weight excluding hydrogens is 220 g/mol. The summed E-state index contributed by atoms with van der Waals surface area (Å²) in [5.74, 6) is -1.19. The molecule has 0 amide bonds. The van der Waals surface area contributed by atoms with Crippen molar-refractivity contribution in [3.8, 4) is 0 Å². The van der Waals surface area contributed by atoms with Gasteiger partial charge in [-0.15, -0.1) is 0 Å². The standard InChI is InChI=1S/C13H16O4/c1-13(2)16-10(9-7-5-4-6-8-9)11(17-13)12(14)15-3/h4-8,10-11H,1-3H3/t10-,11+/m1/s1. The smallest absolute Gasteiger partial charge is 0.338 e. The van der Waals surface area contributed by atoms with Gasteiger partial charge in [0.05, 0.1) is 7.11 Å². The fourth-order valence-corrected chi connectivity index (χ4v) is 1.94. The fourth-order valence-electron chi connectivity index (χ4n) is 1.94. The number of rotatable bonds is 2. The summed E-state index contributed by atoms with van der Waals surface area (Å²) in [6.45, 7) is 3.57. The Hall–Kier alpha value is -1.39. The SMILES string of the molecule is COC(=O)[C@H]1OC(C)(C)O[C@@H]1c1ccccc1. The van der Waals surface area contributed by atoms with E-state index in [4.69, 9.17) is 14.2 Å². The van der Waals surface area contributed by atoms with E-state index in [0.29, 0.717) is 0 Å². The fraction of sp³-hybridized carbons (Fsp3) is 0.462. The van der Waals surface area contributed by atoms with Crippen molar-refractivity contribution in [1.29, 1.82) is 0 Å². The van der Waals surface area contributed by atoms with E-state index in [0.717, 1.165) is 5.56 Å². The van der Waals surface area contributed by atoms with E-state index in [1.807, 2.05) is 30.3 Å². The minimum Gasteiger partial charge on any atom is -0.467 e. The number of hydrogen-bond acceptors (Lipinski definition) is 4. The second-order valence-corrected chi connectivity index (χ2v) is 4.41. The van der Waals surface area contributed by atoms with Crippen LogP contribution in [0, 0.1) is 0 Å². The van der Waals surface area contributed by atoms with Gasteiger partial charge in [-0.25, -0.2) is 4.79 Å². The Balaban J connectivity index is 2.28. The van der Waals surface area contributed by atoms with Crippen molar-refractivity contribution in [2.75, 3.05) is 7.11 Å². The lowest BCUT2D eigenvalue weighted by molar-refractivity contribution is -0.168. The van der Waals surface area contributed by atoms with Gasteiger partial charge in [0.15, 0.2) is 11.9 Å². The van der Waals surface area contributed by atoms with Crippen molar-refractivity contribution in [3.05, 3.63) is 35.9 Å². The summed E-state index contributed by atoms with van der Waals surface area (Å²) < 4.78 is 16.1. The van der Waals surface area contributed by atoms with Crippen LogP contribution in [-0.4, -0.2) is 25.0 Å². The number of benzene rings is 1. The molecule has 1 fully saturated rings. The first kappa shape index (κ1) is 12.1. The van der Waals surface area contributed by atoms with Crippen LogP contribution in [0.5, 0.6) is 0 Å². The first-order valence-electron chi connectivity index (χ1n) is 5.52. The van der Waals surface area contributed by atoms with Crippen molar-refractivity contribution in [3.63, 3.8) is 0 Å². The average Bonchev–Trinajstić information content (AvgIpc) is 2.65. The Labute approximate surface area is 100 Å². The average molecular weight is 236 g/mol. The Morgan fingerprint density at radius 2 is 1.88 bits per heavy atom. The van der Waals surface area contributed by atoms with Crippen LogP contribution < -0.4 is 0 Å². The highest BCUT2D eigenvalue weighted by Crippen LogP contribution is 2.38. The summed E-state index contributed by atoms with van der Waals surface area (Å²) in [6, 6.07) is 9.53. The number of methoxy groups -OCH3 is 1. The third-order valence-electron chi connectivity index (χ3n) is 2.66. The van der Waals surface area contributed by atoms with Crippen LogP contribution >= 0.6 is 0 Å². The zero-order chi connectivity index (χ0) is 12.5. The van der Waals surface area contributed by atoms with Gasteiger partial charge in [-0.2, -0.15) is 0 Å². The molecule has 0 aliphatic carbocycles.